The third-order valence-corrected chi connectivity index (χ3v) is 3.33. The molecule has 0 aliphatic heterocycles. The molecule has 0 atom stereocenters. The highest BCUT2D eigenvalue weighted by Crippen LogP contribution is 2.28. The molecule has 0 spiro atoms. The fraction of sp³-hybridized carbons (Fsp3) is 0.294. The third kappa shape index (κ3) is 3.18. The minimum absolute atomic E-state index is 0.109. The summed E-state index contributed by atoms with van der Waals surface area (Å²) in [4.78, 5) is 14.6. The van der Waals surface area contributed by atoms with E-state index in [-0.39, 0.29) is 11.1 Å². The Bertz CT molecular complexity index is 772. The number of rotatable bonds is 5. The minimum Gasteiger partial charge on any atom is -0.496 e. The van der Waals surface area contributed by atoms with Gasteiger partial charge in [0.05, 0.1) is 13.7 Å². The average Bonchev–Trinajstić information content (AvgIpc) is 2.52. The number of nitrogens with zero attached hydrogens (tertiary/aromatic N) is 1. The van der Waals surface area contributed by atoms with Gasteiger partial charge in [0.15, 0.2) is 0 Å². The molecule has 0 saturated heterocycles. The number of aryl methyl sites for hydroxylation is 1. The first kappa shape index (κ1) is 15.8. The molecule has 5 heteroatoms. The van der Waals surface area contributed by atoms with E-state index in [0.29, 0.717) is 24.5 Å². The number of ether oxygens (including phenoxy) is 2. The van der Waals surface area contributed by atoms with Gasteiger partial charge in [-0.05, 0) is 37.6 Å². The molecule has 2 rings (SSSR count). The summed E-state index contributed by atoms with van der Waals surface area (Å²) in [6.45, 7) is 4.72. The van der Waals surface area contributed by atoms with Gasteiger partial charge in [-0.15, -0.1) is 0 Å². The molecule has 0 aliphatic carbocycles. The highest BCUT2D eigenvalue weighted by atomic mass is 16.5. The van der Waals surface area contributed by atoms with Crippen LogP contribution in [0.15, 0.2) is 29.1 Å². The molecule has 22 heavy (non-hydrogen) atoms. The molecule has 1 heterocycles. The summed E-state index contributed by atoms with van der Waals surface area (Å²) in [6.07, 6.45) is 0. The number of benzene rings is 1. The lowest BCUT2D eigenvalue weighted by Crippen LogP contribution is -2.12. The summed E-state index contributed by atoms with van der Waals surface area (Å²) >= 11 is 0. The van der Waals surface area contributed by atoms with Crippen molar-refractivity contribution < 1.29 is 9.47 Å². The minimum atomic E-state index is -0.375. The molecule has 1 aromatic carbocycles. The monoisotopic (exact) mass is 298 g/mol. The van der Waals surface area contributed by atoms with Gasteiger partial charge in [-0.3, -0.25) is 4.79 Å². The SMILES string of the molecule is CCOCc1cc(-c2cc(C)[nH]c(=O)c2C#N)ccc1OC. The van der Waals surface area contributed by atoms with Crippen LogP contribution in [0, 0.1) is 18.3 Å². The van der Waals surface area contributed by atoms with Crippen LogP contribution >= 0.6 is 0 Å². The number of hydrogen-bond acceptors (Lipinski definition) is 4. The second-order valence-corrected chi connectivity index (χ2v) is 4.85. The van der Waals surface area contributed by atoms with Crippen LogP contribution in [-0.2, 0) is 11.3 Å². The predicted molar refractivity (Wildman–Crippen MR) is 83.8 cm³/mol. The molecule has 0 amide bonds. The molecule has 0 aliphatic rings. The topological polar surface area (TPSA) is 75.1 Å². The summed E-state index contributed by atoms with van der Waals surface area (Å²) in [5.41, 5.74) is 2.73. The molecule has 0 radical (unpaired) electrons. The van der Waals surface area contributed by atoms with Crippen LogP contribution in [0.4, 0.5) is 0 Å². The van der Waals surface area contributed by atoms with Crippen molar-refractivity contribution in [3.05, 3.63) is 51.4 Å². The zero-order chi connectivity index (χ0) is 16.1. The van der Waals surface area contributed by atoms with E-state index in [1.165, 1.54) is 0 Å². The predicted octanol–water partition coefficient (Wildman–Crippen LogP) is 2.77. The second-order valence-electron chi connectivity index (χ2n) is 4.85. The highest BCUT2D eigenvalue weighted by molar-refractivity contribution is 5.71. The summed E-state index contributed by atoms with van der Waals surface area (Å²) < 4.78 is 10.8. The normalized spacial score (nSPS) is 10.3. The van der Waals surface area contributed by atoms with Crippen LogP contribution in [0.3, 0.4) is 0 Å². The Balaban J connectivity index is 2.59. The van der Waals surface area contributed by atoms with E-state index in [9.17, 15) is 10.1 Å². The van der Waals surface area contributed by atoms with Crippen molar-refractivity contribution in [2.75, 3.05) is 13.7 Å². The van der Waals surface area contributed by atoms with Crippen LogP contribution in [0.1, 0.15) is 23.7 Å². The number of aromatic nitrogens is 1. The first-order valence-corrected chi connectivity index (χ1v) is 6.99. The van der Waals surface area contributed by atoms with Crippen molar-refractivity contribution in [2.45, 2.75) is 20.5 Å². The van der Waals surface area contributed by atoms with Gasteiger partial charge in [0, 0.05) is 23.4 Å². The fourth-order valence-corrected chi connectivity index (χ4v) is 2.30. The Morgan fingerprint density at radius 2 is 2.09 bits per heavy atom. The highest BCUT2D eigenvalue weighted by Gasteiger charge is 2.12. The third-order valence-electron chi connectivity index (χ3n) is 3.33. The lowest BCUT2D eigenvalue weighted by Gasteiger charge is -2.12. The maximum atomic E-state index is 11.9. The number of methoxy groups -OCH3 is 1. The van der Waals surface area contributed by atoms with Crippen molar-refractivity contribution >= 4 is 0 Å². The van der Waals surface area contributed by atoms with E-state index >= 15 is 0 Å². The fourth-order valence-electron chi connectivity index (χ4n) is 2.30. The van der Waals surface area contributed by atoms with E-state index in [4.69, 9.17) is 9.47 Å². The lowest BCUT2D eigenvalue weighted by atomic mass is 9.99. The number of H-pyrrole nitrogens is 1. The van der Waals surface area contributed by atoms with E-state index in [1.807, 2.05) is 31.2 Å². The second kappa shape index (κ2) is 6.92. The lowest BCUT2D eigenvalue weighted by molar-refractivity contribution is 0.132. The van der Waals surface area contributed by atoms with Crippen LogP contribution in [0.25, 0.3) is 11.1 Å². The van der Waals surface area contributed by atoms with Crippen LogP contribution in [-0.4, -0.2) is 18.7 Å². The summed E-state index contributed by atoms with van der Waals surface area (Å²) in [6, 6.07) is 9.32. The Morgan fingerprint density at radius 3 is 2.73 bits per heavy atom. The number of hydrogen-bond donors (Lipinski definition) is 1. The number of nitriles is 1. The first-order valence-electron chi connectivity index (χ1n) is 6.99. The van der Waals surface area contributed by atoms with Crippen molar-refractivity contribution in [1.29, 1.82) is 5.26 Å². The number of aromatic amines is 1. The molecule has 0 saturated carbocycles. The Morgan fingerprint density at radius 1 is 1.32 bits per heavy atom. The molecule has 114 valence electrons. The Hall–Kier alpha value is -2.58. The molecule has 0 bridgehead atoms. The van der Waals surface area contributed by atoms with Gasteiger partial charge >= 0.3 is 0 Å². The van der Waals surface area contributed by atoms with Crippen molar-refractivity contribution in [1.82, 2.24) is 4.98 Å². The maximum absolute atomic E-state index is 11.9. The van der Waals surface area contributed by atoms with Crippen molar-refractivity contribution in [2.24, 2.45) is 0 Å². The van der Waals surface area contributed by atoms with Gasteiger partial charge in [-0.2, -0.15) is 5.26 Å². The van der Waals surface area contributed by atoms with E-state index in [2.05, 4.69) is 4.98 Å². The van der Waals surface area contributed by atoms with Crippen molar-refractivity contribution in [3.63, 3.8) is 0 Å². The van der Waals surface area contributed by atoms with Gasteiger partial charge in [0.2, 0.25) is 0 Å². The van der Waals surface area contributed by atoms with E-state index < -0.39 is 0 Å². The average molecular weight is 298 g/mol. The number of nitrogens with one attached hydrogen (secondary N) is 1. The Kier molecular flexibility index (Phi) is 4.97. The summed E-state index contributed by atoms with van der Waals surface area (Å²) in [5.74, 6) is 0.720. The molecule has 0 unspecified atom stereocenters. The van der Waals surface area contributed by atoms with Crippen LogP contribution in [0.5, 0.6) is 5.75 Å². The van der Waals surface area contributed by atoms with Gasteiger partial charge in [-0.25, -0.2) is 0 Å². The van der Waals surface area contributed by atoms with Crippen molar-refractivity contribution in [3.8, 4) is 22.9 Å². The number of pyridine rings is 1. The molecule has 2 aromatic rings. The maximum Gasteiger partial charge on any atom is 0.266 e. The molecule has 0 fully saturated rings. The molecule has 1 aromatic heterocycles. The molecular weight excluding hydrogens is 280 g/mol. The summed E-state index contributed by atoms with van der Waals surface area (Å²) in [7, 11) is 1.60. The zero-order valence-corrected chi connectivity index (χ0v) is 12.9. The first-order chi connectivity index (χ1) is 10.6. The van der Waals surface area contributed by atoms with Crippen LogP contribution < -0.4 is 10.3 Å². The molecule has 5 nitrogen and oxygen atoms in total. The van der Waals surface area contributed by atoms with Gasteiger partial charge in [0.1, 0.15) is 17.4 Å². The Labute approximate surface area is 129 Å². The van der Waals surface area contributed by atoms with Gasteiger partial charge in [-0.1, -0.05) is 6.07 Å². The van der Waals surface area contributed by atoms with Gasteiger partial charge in [0.25, 0.3) is 5.56 Å². The molecule has 1 N–H and O–H groups in total. The molecular formula is C17H18N2O3. The zero-order valence-electron chi connectivity index (χ0n) is 12.9. The quantitative estimate of drug-likeness (QED) is 0.921. The van der Waals surface area contributed by atoms with E-state index in [0.717, 1.165) is 16.9 Å². The van der Waals surface area contributed by atoms with E-state index in [1.54, 1.807) is 20.1 Å². The largest absolute Gasteiger partial charge is 0.496 e. The standard InChI is InChI=1S/C17H18N2O3/c1-4-22-10-13-8-12(5-6-16(13)21-3)14-7-11(2)19-17(20)15(14)9-18/h5-8H,4,10H2,1-3H3,(H,19,20). The van der Waals surface area contributed by atoms with Gasteiger partial charge < -0.3 is 14.5 Å². The summed E-state index contributed by atoms with van der Waals surface area (Å²) in [5, 5.41) is 9.24. The smallest absolute Gasteiger partial charge is 0.266 e. The van der Waals surface area contributed by atoms with Crippen LogP contribution in [0.2, 0.25) is 0 Å².